The van der Waals surface area contributed by atoms with Gasteiger partial charge in [-0.25, -0.2) is 9.18 Å². The van der Waals surface area contributed by atoms with E-state index in [2.05, 4.69) is 15.7 Å². The molecule has 2 aliphatic rings. The molecule has 1 aliphatic carbocycles. The number of rotatable bonds is 5. The van der Waals surface area contributed by atoms with E-state index in [1.165, 1.54) is 11.0 Å². The lowest BCUT2D eigenvalue weighted by atomic mass is 10.0. The van der Waals surface area contributed by atoms with Crippen LogP contribution >= 0.6 is 0 Å². The zero-order valence-electron chi connectivity index (χ0n) is 18.4. The number of carbonyl (C=O) groups is 3. The molecule has 1 aromatic heterocycles. The highest BCUT2D eigenvalue weighted by atomic mass is 19.1. The van der Waals surface area contributed by atoms with Crippen LogP contribution in [0.15, 0.2) is 18.2 Å². The number of benzene rings is 1. The number of aryl methyl sites for hydroxylation is 1. The van der Waals surface area contributed by atoms with Crippen molar-refractivity contribution in [1.29, 1.82) is 0 Å². The number of halogens is 1. The Morgan fingerprint density at radius 3 is 2.56 bits per heavy atom. The van der Waals surface area contributed by atoms with Gasteiger partial charge in [-0.1, -0.05) is 0 Å². The van der Waals surface area contributed by atoms with Crippen LogP contribution in [0.3, 0.4) is 0 Å². The smallest absolute Gasteiger partial charge is 0.318 e. The van der Waals surface area contributed by atoms with E-state index in [4.69, 9.17) is 5.73 Å². The number of hydrogen-bond donors (Lipinski definition) is 3. The summed E-state index contributed by atoms with van der Waals surface area (Å²) in [4.78, 5) is 39.2. The van der Waals surface area contributed by atoms with Crippen LogP contribution in [0.4, 0.5) is 9.18 Å². The average Bonchev–Trinajstić information content (AvgIpc) is 3.45. The van der Waals surface area contributed by atoms with Gasteiger partial charge >= 0.3 is 6.03 Å². The molecule has 32 heavy (non-hydrogen) atoms. The van der Waals surface area contributed by atoms with Gasteiger partial charge in [0.15, 0.2) is 0 Å². The van der Waals surface area contributed by atoms with Gasteiger partial charge in [0.1, 0.15) is 17.1 Å². The van der Waals surface area contributed by atoms with Crippen LogP contribution < -0.4 is 16.4 Å². The van der Waals surface area contributed by atoms with Crippen LogP contribution in [-0.4, -0.2) is 50.7 Å². The fourth-order valence-corrected chi connectivity index (χ4v) is 3.74. The summed E-state index contributed by atoms with van der Waals surface area (Å²) in [6.45, 7) is 5.75. The zero-order valence-corrected chi connectivity index (χ0v) is 18.4. The van der Waals surface area contributed by atoms with Crippen molar-refractivity contribution in [2.45, 2.75) is 58.3 Å². The Morgan fingerprint density at radius 1 is 1.22 bits per heavy atom. The molecule has 1 saturated carbocycles. The second kappa shape index (κ2) is 7.92. The first-order chi connectivity index (χ1) is 15.1. The average molecular weight is 442 g/mol. The highest BCUT2D eigenvalue weighted by molar-refractivity contribution is 6.00. The minimum atomic E-state index is -1.08. The van der Waals surface area contributed by atoms with Gasteiger partial charge in [-0.2, -0.15) is 5.10 Å². The first-order valence-electron chi connectivity index (χ1n) is 10.6. The Morgan fingerprint density at radius 2 is 1.94 bits per heavy atom. The molecule has 4 N–H and O–H groups in total. The SMILES string of the molecule is Cc1cc(-c2nn3c(c2C(N)=O)CN(C(=O)NC(C)(C)C(=O)NC2CC2)CC3)ccc1F. The second-order valence-corrected chi connectivity index (χ2v) is 8.95. The predicted octanol–water partition coefficient (Wildman–Crippen LogP) is 1.68. The van der Waals surface area contributed by atoms with Crippen molar-refractivity contribution in [2.75, 3.05) is 6.54 Å². The molecule has 1 fully saturated rings. The molecule has 10 heteroatoms. The van der Waals surface area contributed by atoms with Gasteiger partial charge < -0.3 is 21.3 Å². The molecule has 0 unspecified atom stereocenters. The highest BCUT2D eigenvalue weighted by Crippen LogP contribution is 2.29. The number of fused-ring (bicyclic) bond motifs is 1. The summed E-state index contributed by atoms with van der Waals surface area (Å²) in [5.41, 5.74) is 6.67. The van der Waals surface area contributed by atoms with E-state index >= 15 is 0 Å². The minimum absolute atomic E-state index is 0.109. The van der Waals surface area contributed by atoms with Gasteiger partial charge in [0.2, 0.25) is 5.91 Å². The maximum atomic E-state index is 13.7. The van der Waals surface area contributed by atoms with Crippen LogP contribution in [-0.2, 0) is 17.9 Å². The molecule has 1 aromatic carbocycles. The molecule has 0 radical (unpaired) electrons. The molecule has 0 spiro atoms. The summed E-state index contributed by atoms with van der Waals surface area (Å²) in [6, 6.07) is 4.26. The van der Waals surface area contributed by atoms with E-state index in [0.717, 1.165) is 12.8 Å². The number of aromatic nitrogens is 2. The summed E-state index contributed by atoms with van der Waals surface area (Å²) in [7, 11) is 0. The number of nitrogens with one attached hydrogen (secondary N) is 2. The predicted molar refractivity (Wildman–Crippen MR) is 115 cm³/mol. The van der Waals surface area contributed by atoms with Gasteiger partial charge in [0.05, 0.1) is 24.3 Å². The maximum absolute atomic E-state index is 13.7. The lowest BCUT2D eigenvalue weighted by molar-refractivity contribution is -0.126. The molecule has 170 valence electrons. The van der Waals surface area contributed by atoms with Crippen molar-refractivity contribution in [2.24, 2.45) is 5.73 Å². The molecule has 2 heterocycles. The molecule has 2 aromatic rings. The Balaban J connectivity index is 1.57. The van der Waals surface area contributed by atoms with Crippen molar-refractivity contribution < 1.29 is 18.8 Å². The number of hydrogen-bond acceptors (Lipinski definition) is 4. The third kappa shape index (κ3) is 4.17. The second-order valence-electron chi connectivity index (χ2n) is 8.95. The van der Waals surface area contributed by atoms with Crippen LogP contribution in [0, 0.1) is 12.7 Å². The number of nitrogens with zero attached hydrogens (tertiary/aromatic N) is 3. The van der Waals surface area contributed by atoms with Crippen LogP contribution in [0.1, 0.15) is 48.3 Å². The van der Waals surface area contributed by atoms with Gasteiger partial charge in [0, 0.05) is 18.2 Å². The third-order valence-electron chi connectivity index (χ3n) is 5.84. The Bertz CT molecular complexity index is 1110. The molecular weight excluding hydrogens is 415 g/mol. The summed E-state index contributed by atoms with van der Waals surface area (Å²) in [6.07, 6.45) is 1.91. The molecule has 0 atom stereocenters. The van der Waals surface area contributed by atoms with Crippen molar-refractivity contribution >= 4 is 17.8 Å². The maximum Gasteiger partial charge on any atom is 0.318 e. The largest absolute Gasteiger partial charge is 0.365 e. The fourth-order valence-electron chi connectivity index (χ4n) is 3.74. The van der Waals surface area contributed by atoms with Crippen LogP contribution in [0.5, 0.6) is 0 Å². The number of primary amides is 1. The summed E-state index contributed by atoms with van der Waals surface area (Å²) in [5, 5.41) is 10.2. The zero-order chi connectivity index (χ0) is 23.2. The minimum Gasteiger partial charge on any atom is -0.365 e. The number of carbonyl (C=O) groups excluding carboxylic acids is 3. The Labute approximate surface area is 185 Å². The van der Waals surface area contributed by atoms with E-state index in [1.807, 2.05) is 0 Å². The van der Waals surface area contributed by atoms with Crippen molar-refractivity contribution in [1.82, 2.24) is 25.3 Å². The van der Waals surface area contributed by atoms with Crippen LogP contribution in [0.25, 0.3) is 11.3 Å². The number of nitrogens with two attached hydrogens (primary N) is 1. The monoisotopic (exact) mass is 442 g/mol. The van der Waals surface area contributed by atoms with E-state index in [1.54, 1.807) is 37.6 Å². The summed E-state index contributed by atoms with van der Waals surface area (Å²) >= 11 is 0. The molecule has 0 saturated heterocycles. The summed E-state index contributed by atoms with van der Waals surface area (Å²) in [5.74, 6) is -1.26. The topological polar surface area (TPSA) is 122 Å². The molecular formula is C22H27FN6O3. The van der Waals surface area contributed by atoms with E-state index in [-0.39, 0.29) is 29.9 Å². The third-order valence-corrected chi connectivity index (χ3v) is 5.84. The molecule has 4 rings (SSSR count). The number of amides is 4. The van der Waals surface area contributed by atoms with E-state index in [0.29, 0.717) is 35.6 Å². The molecule has 9 nitrogen and oxygen atoms in total. The lowest BCUT2D eigenvalue weighted by Crippen LogP contribution is -2.58. The van der Waals surface area contributed by atoms with Gasteiger partial charge in [-0.05, 0) is 57.4 Å². The molecule has 1 aliphatic heterocycles. The van der Waals surface area contributed by atoms with E-state index in [9.17, 15) is 18.8 Å². The molecule has 0 bridgehead atoms. The van der Waals surface area contributed by atoms with E-state index < -0.39 is 17.5 Å². The van der Waals surface area contributed by atoms with Gasteiger partial charge in [0.25, 0.3) is 5.91 Å². The normalized spacial score (nSPS) is 15.8. The van der Waals surface area contributed by atoms with Crippen molar-refractivity contribution in [3.05, 3.63) is 40.8 Å². The quantitative estimate of drug-likeness (QED) is 0.652. The standard InChI is InChI=1S/C22H27FN6O3/c1-12-10-13(4-7-15(12)23)18-17(19(24)30)16-11-28(8-9-29(16)27-18)21(32)26-22(2,3)20(31)25-14-5-6-14/h4,7,10,14H,5-6,8-9,11H2,1-3H3,(H2,24,30)(H,25,31)(H,26,32). The fraction of sp³-hybridized carbons (Fsp3) is 0.455. The first-order valence-corrected chi connectivity index (χ1v) is 10.6. The molecule has 4 amide bonds. The number of urea groups is 1. The van der Waals surface area contributed by atoms with Gasteiger partial charge in [-0.15, -0.1) is 0 Å². The Kier molecular flexibility index (Phi) is 5.39. The highest BCUT2D eigenvalue weighted by Gasteiger charge is 2.36. The van der Waals surface area contributed by atoms with Crippen LogP contribution in [0.2, 0.25) is 0 Å². The Hall–Kier alpha value is -3.43. The van der Waals surface area contributed by atoms with Crippen molar-refractivity contribution in [3.63, 3.8) is 0 Å². The lowest BCUT2D eigenvalue weighted by Gasteiger charge is -2.32. The van der Waals surface area contributed by atoms with Crippen molar-refractivity contribution in [3.8, 4) is 11.3 Å². The first kappa shape index (κ1) is 21.8. The van der Waals surface area contributed by atoms with Gasteiger partial charge in [-0.3, -0.25) is 14.3 Å². The summed E-state index contributed by atoms with van der Waals surface area (Å²) < 4.78 is 15.4.